The molecule has 3 heterocycles. The Bertz CT molecular complexity index is 1050. The molecular formula is C20H21ClN4OS. The predicted molar refractivity (Wildman–Crippen MR) is 114 cm³/mol. The lowest BCUT2D eigenvalue weighted by Crippen LogP contribution is -2.20. The lowest BCUT2D eigenvalue weighted by atomic mass is 10.1. The molecule has 1 unspecified atom stereocenters. The van der Waals surface area contributed by atoms with Crippen molar-refractivity contribution in [2.24, 2.45) is 7.05 Å². The lowest BCUT2D eigenvalue weighted by molar-refractivity contribution is 0.876. The number of hydrogen-bond acceptors (Lipinski definition) is 5. The van der Waals surface area contributed by atoms with E-state index in [1.165, 1.54) is 0 Å². The number of pyridine rings is 1. The van der Waals surface area contributed by atoms with Gasteiger partial charge in [-0.1, -0.05) is 36.7 Å². The summed E-state index contributed by atoms with van der Waals surface area (Å²) in [5.41, 5.74) is 1.83. The highest BCUT2D eigenvalue weighted by Gasteiger charge is 2.35. The zero-order valence-corrected chi connectivity index (χ0v) is 16.9. The third-order valence-corrected chi connectivity index (χ3v) is 6.13. The van der Waals surface area contributed by atoms with Crippen molar-refractivity contribution in [2.45, 2.75) is 19.4 Å². The zero-order valence-electron chi connectivity index (χ0n) is 15.4. The maximum Gasteiger partial charge on any atom is 0.259 e. The number of aromatic nitrogens is 3. The number of fused-ring (bicyclic) bond motifs is 1. The summed E-state index contributed by atoms with van der Waals surface area (Å²) >= 11 is 8.25. The van der Waals surface area contributed by atoms with Gasteiger partial charge in [0, 0.05) is 41.3 Å². The Morgan fingerprint density at radius 1 is 1.30 bits per heavy atom. The number of benzene rings is 1. The van der Waals surface area contributed by atoms with Crippen LogP contribution in [0.15, 0.2) is 41.3 Å². The van der Waals surface area contributed by atoms with Gasteiger partial charge >= 0.3 is 0 Å². The van der Waals surface area contributed by atoms with E-state index in [9.17, 15) is 4.79 Å². The van der Waals surface area contributed by atoms with Crippen LogP contribution in [-0.4, -0.2) is 38.6 Å². The highest BCUT2D eigenvalue weighted by molar-refractivity contribution is 7.99. The van der Waals surface area contributed by atoms with E-state index in [-0.39, 0.29) is 5.56 Å². The number of thioether (sulfide) groups is 1. The molecule has 140 valence electrons. The van der Waals surface area contributed by atoms with Crippen LogP contribution in [0.2, 0.25) is 5.02 Å². The second kappa shape index (κ2) is 7.52. The van der Waals surface area contributed by atoms with Gasteiger partial charge in [0.1, 0.15) is 5.65 Å². The fourth-order valence-electron chi connectivity index (χ4n) is 3.28. The van der Waals surface area contributed by atoms with Crippen LogP contribution in [0.25, 0.3) is 22.2 Å². The quantitative estimate of drug-likeness (QED) is 0.462. The molecule has 0 N–H and O–H groups in total. The Labute approximate surface area is 167 Å². The minimum Gasteiger partial charge on any atom is -0.334 e. The minimum atomic E-state index is -0.109. The van der Waals surface area contributed by atoms with Crippen LogP contribution in [0.3, 0.4) is 0 Å². The molecule has 0 bridgehead atoms. The largest absolute Gasteiger partial charge is 0.334 e. The molecule has 1 aromatic carbocycles. The van der Waals surface area contributed by atoms with Crippen LogP contribution in [0.4, 0.5) is 5.95 Å². The molecule has 7 heteroatoms. The molecule has 3 aromatic rings. The molecule has 1 aliphatic rings. The lowest BCUT2D eigenvalue weighted by Gasteiger charge is -2.11. The van der Waals surface area contributed by atoms with Crippen LogP contribution in [0.1, 0.15) is 13.3 Å². The number of halogens is 1. The minimum absolute atomic E-state index is 0.109. The molecule has 0 radical (unpaired) electrons. The van der Waals surface area contributed by atoms with Crippen molar-refractivity contribution in [3.05, 3.63) is 51.9 Å². The van der Waals surface area contributed by atoms with Gasteiger partial charge in [0.15, 0.2) is 0 Å². The summed E-state index contributed by atoms with van der Waals surface area (Å²) in [4.78, 5) is 24.3. The molecule has 1 fully saturated rings. The predicted octanol–water partition coefficient (Wildman–Crippen LogP) is 3.98. The second-order valence-corrected chi connectivity index (χ2v) is 8.44. The third-order valence-electron chi connectivity index (χ3n) is 4.87. The molecule has 1 aliphatic heterocycles. The summed E-state index contributed by atoms with van der Waals surface area (Å²) in [5.74, 6) is 3.01. The Balaban J connectivity index is 1.68. The van der Waals surface area contributed by atoms with Gasteiger partial charge in [-0.05, 0) is 30.1 Å². The fraction of sp³-hybridized carbons (Fsp3) is 0.350. The van der Waals surface area contributed by atoms with Gasteiger partial charge in [-0.25, -0.2) is 4.98 Å². The Morgan fingerprint density at radius 3 is 2.89 bits per heavy atom. The SMILES string of the molecule is CCSCCC1CN1c1ncc2cc(-c3ccccc3Cl)c(=O)n(C)c2n1. The van der Waals surface area contributed by atoms with Crippen molar-refractivity contribution in [1.29, 1.82) is 0 Å². The maximum atomic E-state index is 12.9. The van der Waals surface area contributed by atoms with E-state index in [1.807, 2.05) is 36.0 Å². The van der Waals surface area contributed by atoms with E-state index in [2.05, 4.69) is 21.8 Å². The Hall–Kier alpha value is -2.05. The normalized spacial score (nSPS) is 16.1. The highest BCUT2D eigenvalue weighted by Crippen LogP contribution is 2.30. The third kappa shape index (κ3) is 3.56. The van der Waals surface area contributed by atoms with Gasteiger partial charge in [-0.3, -0.25) is 9.36 Å². The van der Waals surface area contributed by atoms with Gasteiger partial charge < -0.3 is 4.90 Å². The molecular weight excluding hydrogens is 380 g/mol. The van der Waals surface area contributed by atoms with Crippen LogP contribution in [0.5, 0.6) is 0 Å². The first kappa shape index (κ1) is 18.3. The van der Waals surface area contributed by atoms with Gasteiger partial charge in [-0.15, -0.1) is 0 Å². The first-order valence-corrected chi connectivity index (χ1v) is 10.6. The van der Waals surface area contributed by atoms with E-state index in [0.29, 0.717) is 28.2 Å². The number of hydrogen-bond donors (Lipinski definition) is 0. The molecule has 1 atom stereocenters. The summed E-state index contributed by atoms with van der Waals surface area (Å²) in [7, 11) is 1.75. The average molecular weight is 401 g/mol. The van der Waals surface area contributed by atoms with Crippen molar-refractivity contribution in [1.82, 2.24) is 14.5 Å². The summed E-state index contributed by atoms with van der Waals surface area (Å²) in [5, 5.41) is 1.39. The van der Waals surface area contributed by atoms with Crippen molar-refractivity contribution in [3.63, 3.8) is 0 Å². The van der Waals surface area contributed by atoms with Crippen molar-refractivity contribution in [2.75, 3.05) is 23.0 Å². The molecule has 0 amide bonds. The Kier molecular flexibility index (Phi) is 5.10. The zero-order chi connectivity index (χ0) is 19.0. The molecule has 0 saturated carbocycles. The number of rotatable bonds is 6. The summed E-state index contributed by atoms with van der Waals surface area (Å²) in [6.07, 6.45) is 2.94. The average Bonchev–Trinajstić information content (AvgIpc) is 3.45. The first-order chi connectivity index (χ1) is 13.1. The summed E-state index contributed by atoms with van der Waals surface area (Å²) in [6.45, 7) is 3.17. The second-order valence-electron chi connectivity index (χ2n) is 6.64. The molecule has 1 saturated heterocycles. The molecule has 4 rings (SSSR count). The summed E-state index contributed by atoms with van der Waals surface area (Å²) in [6, 6.07) is 9.72. The van der Waals surface area contributed by atoms with Crippen molar-refractivity contribution >= 4 is 40.3 Å². The van der Waals surface area contributed by atoms with E-state index in [1.54, 1.807) is 23.9 Å². The molecule has 0 spiro atoms. The molecule has 27 heavy (non-hydrogen) atoms. The number of aryl methyl sites for hydroxylation is 1. The molecule has 5 nitrogen and oxygen atoms in total. The maximum absolute atomic E-state index is 12.9. The summed E-state index contributed by atoms with van der Waals surface area (Å²) < 4.78 is 1.59. The van der Waals surface area contributed by atoms with Crippen molar-refractivity contribution < 1.29 is 0 Å². The van der Waals surface area contributed by atoms with E-state index in [4.69, 9.17) is 11.6 Å². The number of nitrogens with zero attached hydrogens (tertiary/aromatic N) is 4. The van der Waals surface area contributed by atoms with Gasteiger partial charge in [0.05, 0.1) is 6.04 Å². The fourth-order valence-corrected chi connectivity index (χ4v) is 4.25. The van der Waals surface area contributed by atoms with E-state index in [0.717, 1.165) is 35.4 Å². The van der Waals surface area contributed by atoms with Crippen LogP contribution in [-0.2, 0) is 7.05 Å². The first-order valence-electron chi connectivity index (χ1n) is 9.06. The van der Waals surface area contributed by atoms with Crippen LogP contribution in [0, 0.1) is 0 Å². The van der Waals surface area contributed by atoms with Crippen LogP contribution >= 0.6 is 23.4 Å². The topological polar surface area (TPSA) is 50.8 Å². The van der Waals surface area contributed by atoms with E-state index >= 15 is 0 Å². The van der Waals surface area contributed by atoms with Crippen LogP contribution < -0.4 is 10.5 Å². The smallest absolute Gasteiger partial charge is 0.259 e. The monoisotopic (exact) mass is 400 g/mol. The number of anilines is 1. The van der Waals surface area contributed by atoms with E-state index < -0.39 is 0 Å². The standard InChI is InChI=1S/C20H21ClN4OS/c1-3-27-9-8-14-12-25(14)20-22-11-13-10-16(15-6-4-5-7-17(15)21)19(26)24(2)18(13)23-20/h4-7,10-11,14H,3,8-9,12H2,1-2H3. The molecule has 0 aliphatic carbocycles. The van der Waals surface area contributed by atoms with Gasteiger partial charge in [0.2, 0.25) is 5.95 Å². The van der Waals surface area contributed by atoms with Gasteiger partial charge in [-0.2, -0.15) is 16.7 Å². The molecule has 2 aromatic heterocycles. The highest BCUT2D eigenvalue weighted by atomic mass is 35.5. The Morgan fingerprint density at radius 2 is 2.11 bits per heavy atom. The van der Waals surface area contributed by atoms with Crippen molar-refractivity contribution in [3.8, 4) is 11.1 Å². The van der Waals surface area contributed by atoms with Gasteiger partial charge in [0.25, 0.3) is 5.56 Å².